The lowest BCUT2D eigenvalue weighted by molar-refractivity contribution is -0.384. The van der Waals surface area contributed by atoms with E-state index in [2.05, 4.69) is 58.6 Å². The van der Waals surface area contributed by atoms with E-state index in [1.807, 2.05) is 87.0 Å². The minimum atomic E-state index is -4.12. The van der Waals surface area contributed by atoms with Crippen molar-refractivity contribution in [1.82, 2.24) is 14.5 Å². The van der Waals surface area contributed by atoms with Crippen LogP contribution in [0.5, 0.6) is 0 Å². The lowest BCUT2D eigenvalue weighted by Crippen LogP contribution is -2.46. The summed E-state index contributed by atoms with van der Waals surface area (Å²) < 4.78 is 31.7. The molecule has 1 aliphatic rings. The predicted octanol–water partition coefficient (Wildman–Crippen LogP) is 8.75. The maximum Gasteiger partial charge on any atom is 0.293 e. The Bertz CT molecular complexity index is 2420. The van der Waals surface area contributed by atoms with Crippen molar-refractivity contribution in [2.24, 2.45) is 0 Å². The SMILES string of the molecule is CN(C)CC[C@H](CSc1ccccc1)Nc1ccc(S(=O)(=O)Nc2ccc(N3CCN(c4cccc(-n5ccnc5-c5ccc(Cl)cc5)c4)CC3)cc2)cc1[N+](=O)[O-]. The van der Waals surface area contributed by atoms with Gasteiger partial charge in [0.2, 0.25) is 0 Å². The van der Waals surface area contributed by atoms with Crippen LogP contribution in [0.1, 0.15) is 6.42 Å². The lowest BCUT2D eigenvalue weighted by atomic mass is 10.2. The molecular weight excluding hydrogens is 792 g/mol. The molecule has 0 unspecified atom stereocenters. The molecule has 12 nitrogen and oxygen atoms in total. The average Bonchev–Trinajstić information content (AvgIpc) is 3.73. The van der Waals surface area contributed by atoms with Crippen LogP contribution in [-0.4, -0.2) is 86.4 Å². The van der Waals surface area contributed by atoms with Crippen LogP contribution >= 0.6 is 23.4 Å². The molecular formula is C43H45ClN8O4S2. The molecule has 58 heavy (non-hydrogen) atoms. The minimum absolute atomic E-state index is 0.0951. The molecule has 1 aliphatic heterocycles. The topological polar surface area (TPSA) is 129 Å². The fraction of sp³-hybridized carbons (Fsp3) is 0.233. The third-order valence-electron chi connectivity index (χ3n) is 9.94. The fourth-order valence-electron chi connectivity index (χ4n) is 6.84. The highest BCUT2D eigenvalue weighted by atomic mass is 35.5. The van der Waals surface area contributed by atoms with Crippen molar-refractivity contribution in [2.75, 3.05) is 72.4 Å². The van der Waals surface area contributed by atoms with Gasteiger partial charge in [-0.2, -0.15) is 0 Å². The number of piperazine rings is 1. The number of nitro benzene ring substituents is 1. The van der Waals surface area contributed by atoms with E-state index in [-0.39, 0.29) is 22.3 Å². The van der Waals surface area contributed by atoms with E-state index in [1.54, 1.807) is 30.1 Å². The number of rotatable bonds is 16. The third-order valence-corrected chi connectivity index (χ3v) is 12.7. The van der Waals surface area contributed by atoms with Gasteiger partial charge in [0, 0.05) is 94.7 Å². The highest BCUT2D eigenvalue weighted by Gasteiger charge is 2.24. The standard InChI is InChI=1S/C43H45ClN8O4S2/c1-48(2)23-21-35(31-57-39-9-4-3-5-10-39)46-41-20-19-40(30-42(41)52(53)54)58(55,56)47-34-15-17-36(18-16-34)49-25-27-50(28-26-49)37-7-6-8-38(29-37)51-24-22-45-43(51)32-11-13-33(44)14-12-32/h3-20,22,24,29-30,35,46-47H,21,23,25-28,31H2,1-2H3/t35-/m1/s1. The summed E-state index contributed by atoms with van der Waals surface area (Å²) in [5.74, 6) is 1.52. The molecule has 300 valence electrons. The van der Waals surface area contributed by atoms with E-state index in [9.17, 15) is 18.5 Å². The molecule has 0 bridgehead atoms. The van der Waals surface area contributed by atoms with Crippen LogP contribution in [0.2, 0.25) is 5.02 Å². The molecule has 2 N–H and O–H groups in total. The number of nitrogens with zero attached hydrogens (tertiary/aromatic N) is 6. The zero-order chi connectivity index (χ0) is 40.6. The number of thioether (sulfide) groups is 1. The van der Waals surface area contributed by atoms with Crippen molar-refractivity contribution in [3.63, 3.8) is 0 Å². The molecule has 1 fully saturated rings. The number of hydrogen-bond donors (Lipinski definition) is 2. The van der Waals surface area contributed by atoms with Gasteiger partial charge in [0.1, 0.15) is 11.5 Å². The van der Waals surface area contributed by atoms with Gasteiger partial charge in [-0.15, -0.1) is 11.8 Å². The molecule has 5 aromatic carbocycles. The van der Waals surface area contributed by atoms with Gasteiger partial charge in [-0.1, -0.05) is 35.9 Å². The Kier molecular flexibility index (Phi) is 12.9. The smallest absolute Gasteiger partial charge is 0.293 e. The Morgan fingerprint density at radius 2 is 1.53 bits per heavy atom. The Balaban J connectivity index is 0.974. The molecule has 15 heteroatoms. The molecule has 0 radical (unpaired) electrons. The number of anilines is 4. The normalized spacial score (nSPS) is 13.7. The molecule has 0 spiro atoms. The Morgan fingerprint density at radius 1 is 0.845 bits per heavy atom. The van der Waals surface area contributed by atoms with Gasteiger partial charge in [0.25, 0.3) is 15.7 Å². The van der Waals surface area contributed by atoms with Crippen molar-refractivity contribution in [3.05, 3.63) is 149 Å². The van der Waals surface area contributed by atoms with Gasteiger partial charge < -0.3 is 20.0 Å². The number of imidazole rings is 1. The van der Waals surface area contributed by atoms with Crippen LogP contribution in [0.4, 0.5) is 28.4 Å². The molecule has 1 saturated heterocycles. The zero-order valence-corrected chi connectivity index (χ0v) is 34.6. The monoisotopic (exact) mass is 836 g/mol. The van der Waals surface area contributed by atoms with Crippen molar-refractivity contribution in [3.8, 4) is 17.1 Å². The first-order valence-electron chi connectivity index (χ1n) is 18.9. The van der Waals surface area contributed by atoms with E-state index in [4.69, 9.17) is 11.6 Å². The van der Waals surface area contributed by atoms with Crippen LogP contribution in [0.3, 0.4) is 0 Å². The predicted molar refractivity (Wildman–Crippen MR) is 237 cm³/mol. The zero-order valence-electron chi connectivity index (χ0n) is 32.2. The van der Waals surface area contributed by atoms with E-state index in [0.717, 1.165) is 78.6 Å². The number of halogens is 1. The van der Waals surface area contributed by atoms with Gasteiger partial charge in [0.05, 0.1) is 9.82 Å². The van der Waals surface area contributed by atoms with Gasteiger partial charge in [-0.3, -0.25) is 19.4 Å². The maximum atomic E-state index is 13.5. The van der Waals surface area contributed by atoms with Gasteiger partial charge in [-0.05, 0) is 118 Å². The number of benzene rings is 5. The number of sulfonamides is 1. The summed E-state index contributed by atoms with van der Waals surface area (Å²) in [7, 11) is -0.159. The average molecular weight is 837 g/mol. The number of nitrogens with one attached hydrogen (secondary N) is 2. The number of hydrogen-bond acceptors (Lipinski definition) is 10. The summed E-state index contributed by atoms with van der Waals surface area (Å²) in [5, 5.41) is 16.2. The summed E-state index contributed by atoms with van der Waals surface area (Å²) in [6.45, 7) is 3.94. The van der Waals surface area contributed by atoms with Crippen LogP contribution in [0, 0.1) is 10.1 Å². The van der Waals surface area contributed by atoms with E-state index >= 15 is 0 Å². The second kappa shape index (κ2) is 18.4. The second-order valence-corrected chi connectivity index (χ2v) is 17.5. The van der Waals surface area contributed by atoms with Crippen molar-refractivity contribution >= 4 is 61.8 Å². The molecule has 1 aromatic heterocycles. The highest BCUT2D eigenvalue weighted by Crippen LogP contribution is 2.32. The van der Waals surface area contributed by atoms with Crippen LogP contribution in [0.25, 0.3) is 17.1 Å². The highest BCUT2D eigenvalue weighted by molar-refractivity contribution is 7.99. The number of nitro groups is 1. The maximum absolute atomic E-state index is 13.5. The first kappa shape index (κ1) is 40.6. The molecule has 6 aromatic rings. The molecule has 1 atom stereocenters. The van der Waals surface area contributed by atoms with Gasteiger partial charge in [0.15, 0.2) is 0 Å². The van der Waals surface area contributed by atoms with Crippen LogP contribution in [0.15, 0.2) is 144 Å². The quantitative estimate of drug-likeness (QED) is 0.0555. The van der Waals surface area contributed by atoms with Gasteiger partial charge >= 0.3 is 0 Å². The molecule has 2 heterocycles. The Morgan fingerprint density at radius 3 is 2.22 bits per heavy atom. The van der Waals surface area contributed by atoms with E-state index in [1.165, 1.54) is 12.1 Å². The van der Waals surface area contributed by atoms with Crippen molar-refractivity contribution < 1.29 is 13.3 Å². The number of aromatic nitrogens is 2. The molecule has 0 saturated carbocycles. The largest absolute Gasteiger partial charge is 0.376 e. The van der Waals surface area contributed by atoms with Gasteiger partial charge in [-0.25, -0.2) is 13.4 Å². The lowest BCUT2D eigenvalue weighted by Gasteiger charge is -2.37. The van der Waals surface area contributed by atoms with Crippen LogP contribution < -0.4 is 19.8 Å². The summed E-state index contributed by atoms with van der Waals surface area (Å²) >= 11 is 7.78. The first-order valence-corrected chi connectivity index (χ1v) is 21.8. The summed E-state index contributed by atoms with van der Waals surface area (Å²) in [6.07, 6.45) is 4.49. The second-order valence-electron chi connectivity index (χ2n) is 14.3. The van der Waals surface area contributed by atoms with E-state index in [0.29, 0.717) is 16.5 Å². The molecule has 7 rings (SSSR count). The molecule has 0 aliphatic carbocycles. The summed E-state index contributed by atoms with van der Waals surface area (Å²) in [4.78, 5) is 23.9. The third kappa shape index (κ3) is 10.1. The Labute approximate surface area is 348 Å². The van der Waals surface area contributed by atoms with Crippen LogP contribution in [-0.2, 0) is 10.0 Å². The first-order chi connectivity index (χ1) is 28.0. The Hall–Kier alpha value is -5.54. The van der Waals surface area contributed by atoms with Crippen molar-refractivity contribution in [1.29, 1.82) is 0 Å². The van der Waals surface area contributed by atoms with Crippen molar-refractivity contribution in [2.45, 2.75) is 22.3 Å². The fourth-order valence-corrected chi connectivity index (χ4v) is 9.03. The van der Waals surface area contributed by atoms with E-state index < -0.39 is 14.9 Å². The minimum Gasteiger partial charge on any atom is -0.376 e. The molecule has 0 amide bonds. The summed E-state index contributed by atoms with van der Waals surface area (Å²) in [6, 6.07) is 37.2. The summed E-state index contributed by atoms with van der Waals surface area (Å²) in [5.41, 5.74) is 4.43.